The lowest BCUT2D eigenvalue weighted by Gasteiger charge is -2.18. The summed E-state index contributed by atoms with van der Waals surface area (Å²) >= 11 is 5.81. The molecule has 0 aliphatic rings. The van der Waals surface area contributed by atoms with Crippen molar-refractivity contribution in [3.8, 4) is 12.3 Å². The first-order valence-electron chi connectivity index (χ1n) is 4.60. The molecule has 0 spiro atoms. The SMILES string of the molecule is C#CCN(CC(=O)O)C(=O)c1cnccc1Cl. The van der Waals surface area contributed by atoms with E-state index in [2.05, 4.69) is 10.9 Å². The van der Waals surface area contributed by atoms with Gasteiger partial charge in [-0.25, -0.2) is 0 Å². The van der Waals surface area contributed by atoms with Gasteiger partial charge in [0, 0.05) is 12.4 Å². The molecule has 88 valence electrons. The largest absolute Gasteiger partial charge is 0.480 e. The Balaban J connectivity index is 2.96. The van der Waals surface area contributed by atoms with Crippen LogP contribution in [0.2, 0.25) is 5.02 Å². The van der Waals surface area contributed by atoms with E-state index in [0.717, 1.165) is 4.90 Å². The lowest BCUT2D eigenvalue weighted by Crippen LogP contribution is -2.36. The number of hydrogen-bond acceptors (Lipinski definition) is 3. The minimum atomic E-state index is -1.14. The number of halogens is 1. The first-order valence-corrected chi connectivity index (χ1v) is 4.98. The van der Waals surface area contributed by atoms with Gasteiger partial charge in [0.25, 0.3) is 5.91 Å². The maximum Gasteiger partial charge on any atom is 0.323 e. The molecule has 1 heterocycles. The molecule has 0 aromatic carbocycles. The van der Waals surface area contributed by atoms with Crippen LogP contribution in [0.5, 0.6) is 0 Å². The Bertz CT molecular complexity index is 482. The van der Waals surface area contributed by atoms with Gasteiger partial charge in [0.2, 0.25) is 0 Å². The van der Waals surface area contributed by atoms with Crippen LogP contribution in [-0.2, 0) is 4.79 Å². The number of pyridine rings is 1. The zero-order valence-corrected chi connectivity index (χ0v) is 9.52. The van der Waals surface area contributed by atoms with Gasteiger partial charge in [-0.2, -0.15) is 0 Å². The van der Waals surface area contributed by atoms with Crippen LogP contribution in [0.3, 0.4) is 0 Å². The van der Waals surface area contributed by atoms with Crippen molar-refractivity contribution >= 4 is 23.5 Å². The normalized spacial score (nSPS) is 9.41. The van der Waals surface area contributed by atoms with Crippen LogP contribution in [0.4, 0.5) is 0 Å². The molecule has 0 unspecified atom stereocenters. The Morgan fingerprint density at radius 1 is 1.59 bits per heavy atom. The Morgan fingerprint density at radius 2 is 2.29 bits per heavy atom. The Kier molecular flexibility index (Phi) is 4.49. The number of terminal acetylenes is 1. The summed E-state index contributed by atoms with van der Waals surface area (Å²) in [6.45, 7) is -0.579. The third kappa shape index (κ3) is 3.47. The standard InChI is InChI=1S/C11H9ClN2O3/c1-2-5-14(7-10(15)16)11(17)8-6-13-4-3-9(8)12/h1,3-4,6H,5,7H2,(H,15,16). The zero-order chi connectivity index (χ0) is 12.8. The van der Waals surface area contributed by atoms with Gasteiger partial charge >= 0.3 is 5.97 Å². The predicted molar refractivity (Wildman–Crippen MR) is 61.6 cm³/mol. The number of nitrogens with zero attached hydrogens (tertiary/aromatic N) is 2. The quantitative estimate of drug-likeness (QED) is 0.808. The summed E-state index contributed by atoms with van der Waals surface area (Å²) in [6.07, 6.45) is 7.78. The van der Waals surface area contributed by atoms with Gasteiger partial charge in [0.1, 0.15) is 6.54 Å². The third-order valence-corrected chi connectivity index (χ3v) is 2.22. The van der Waals surface area contributed by atoms with E-state index in [1.165, 1.54) is 18.5 Å². The van der Waals surface area contributed by atoms with Gasteiger partial charge < -0.3 is 10.0 Å². The van der Waals surface area contributed by atoms with Crippen molar-refractivity contribution < 1.29 is 14.7 Å². The third-order valence-electron chi connectivity index (χ3n) is 1.89. The number of carboxylic acids is 1. The second kappa shape index (κ2) is 5.87. The lowest BCUT2D eigenvalue weighted by molar-refractivity contribution is -0.137. The number of amides is 1. The van der Waals surface area contributed by atoms with E-state index >= 15 is 0 Å². The smallest absolute Gasteiger partial charge is 0.323 e. The van der Waals surface area contributed by atoms with Crippen molar-refractivity contribution in [3.63, 3.8) is 0 Å². The number of hydrogen-bond donors (Lipinski definition) is 1. The number of carbonyl (C=O) groups is 2. The van der Waals surface area contributed by atoms with E-state index in [-0.39, 0.29) is 17.1 Å². The number of aromatic nitrogens is 1. The lowest BCUT2D eigenvalue weighted by atomic mass is 10.2. The van der Waals surface area contributed by atoms with Crippen LogP contribution >= 0.6 is 11.6 Å². The first-order chi connectivity index (χ1) is 8.06. The molecule has 0 atom stereocenters. The second-order valence-electron chi connectivity index (χ2n) is 3.11. The molecule has 1 N–H and O–H groups in total. The fourth-order valence-corrected chi connectivity index (χ4v) is 1.36. The van der Waals surface area contributed by atoms with E-state index in [4.69, 9.17) is 23.1 Å². The van der Waals surface area contributed by atoms with E-state index in [1.807, 2.05) is 0 Å². The minimum Gasteiger partial charge on any atom is -0.480 e. The van der Waals surface area contributed by atoms with Gasteiger partial charge in [-0.1, -0.05) is 17.5 Å². The van der Waals surface area contributed by atoms with Crippen LogP contribution in [-0.4, -0.2) is 40.0 Å². The summed E-state index contributed by atoms with van der Waals surface area (Å²) in [5.41, 5.74) is 0.130. The van der Waals surface area contributed by atoms with Crippen LogP contribution in [0.25, 0.3) is 0 Å². The molecule has 1 aromatic heterocycles. The van der Waals surface area contributed by atoms with Gasteiger partial charge in [0.05, 0.1) is 17.1 Å². The summed E-state index contributed by atoms with van der Waals surface area (Å²) in [5, 5.41) is 8.87. The maximum absolute atomic E-state index is 11.9. The van der Waals surface area contributed by atoms with Gasteiger partial charge in [-0.05, 0) is 6.07 Å². The van der Waals surface area contributed by atoms with Crippen molar-refractivity contribution in [3.05, 3.63) is 29.0 Å². The van der Waals surface area contributed by atoms with Crippen molar-refractivity contribution in [1.29, 1.82) is 0 Å². The molecule has 0 aliphatic heterocycles. The molecule has 0 radical (unpaired) electrons. The number of aliphatic carboxylic acids is 1. The molecular formula is C11H9ClN2O3. The minimum absolute atomic E-state index is 0.101. The molecule has 1 amide bonds. The second-order valence-corrected chi connectivity index (χ2v) is 3.52. The molecule has 1 rings (SSSR count). The average molecular weight is 253 g/mol. The van der Waals surface area contributed by atoms with Crippen LogP contribution in [0, 0.1) is 12.3 Å². The molecule has 1 aromatic rings. The number of rotatable bonds is 4. The molecular weight excluding hydrogens is 244 g/mol. The van der Waals surface area contributed by atoms with Gasteiger partial charge in [-0.3, -0.25) is 14.6 Å². The van der Waals surface area contributed by atoms with Gasteiger partial charge in [-0.15, -0.1) is 6.42 Å². The molecule has 0 bridgehead atoms. The fraction of sp³-hybridized carbons (Fsp3) is 0.182. The Morgan fingerprint density at radius 3 is 2.82 bits per heavy atom. The van der Waals surface area contributed by atoms with E-state index < -0.39 is 18.4 Å². The topological polar surface area (TPSA) is 70.5 Å². The summed E-state index contributed by atoms with van der Waals surface area (Å²) in [6, 6.07) is 1.45. The molecule has 0 aliphatic carbocycles. The van der Waals surface area contributed by atoms with Crippen LogP contribution < -0.4 is 0 Å². The highest BCUT2D eigenvalue weighted by Crippen LogP contribution is 2.15. The molecule has 17 heavy (non-hydrogen) atoms. The first kappa shape index (κ1) is 13.0. The van der Waals surface area contributed by atoms with E-state index in [9.17, 15) is 9.59 Å². The predicted octanol–water partition coefficient (Wildman–Crippen LogP) is 0.895. The van der Waals surface area contributed by atoms with E-state index in [1.54, 1.807) is 0 Å². The average Bonchev–Trinajstić information content (AvgIpc) is 2.28. The van der Waals surface area contributed by atoms with Crippen molar-refractivity contribution in [2.45, 2.75) is 0 Å². The number of carbonyl (C=O) groups excluding carboxylic acids is 1. The number of carboxylic acid groups (broad SMARTS) is 1. The molecule has 0 saturated carbocycles. The Hall–Kier alpha value is -2.06. The maximum atomic E-state index is 11.9. The highest BCUT2D eigenvalue weighted by molar-refractivity contribution is 6.33. The molecule has 0 saturated heterocycles. The highest BCUT2D eigenvalue weighted by Gasteiger charge is 2.19. The molecule has 5 nitrogen and oxygen atoms in total. The highest BCUT2D eigenvalue weighted by atomic mass is 35.5. The summed E-state index contributed by atoms with van der Waals surface area (Å²) in [4.78, 5) is 27.3. The summed E-state index contributed by atoms with van der Waals surface area (Å²) in [7, 11) is 0. The van der Waals surface area contributed by atoms with Crippen molar-refractivity contribution in [1.82, 2.24) is 9.88 Å². The van der Waals surface area contributed by atoms with Crippen molar-refractivity contribution in [2.75, 3.05) is 13.1 Å². The van der Waals surface area contributed by atoms with Crippen molar-refractivity contribution in [2.24, 2.45) is 0 Å². The van der Waals surface area contributed by atoms with Crippen LogP contribution in [0.15, 0.2) is 18.5 Å². The summed E-state index contributed by atoms with van der Waals surface area (Å²) < 4.78 is 0. The zero-order valence-electron chi connectivity index (χ0n) is 8.76. The van der Waals surface area contributed by atoms with Gasteiger partial charge in [0.15, 0.2) is 0 Å². The fourth-order valence-electron chi connectivity index (χ4n) is 1.18. The molecule has 6 heteroatoms. The van der Waals surface area contributed by atoms with E-state index in [0.29, 0.717) is 0 Å². The monoisotopic (exact) mass is 252 g/mol. The Labute approximate surface area is 103 Å². The summed E-state index contributed by atoms with van der Waals surface area (Å²) in [5.74, 6) is 0.524. The molecule has 0 fully saturated rings. The van der Waals surface area contributed by atoms with Crippen LogP contribution in [0.1, 0.15) is 10.4 Å².